The lowest BCUT2D eigenvalue weighted by Gasteiger charge is -2.29. The van der Waals surface area contributed by atoms with Gasteiger partial charge in [-0.3, -0.25) is 10.6 Å². The van der Waals surface area contributed by atoms with Gasteiger partial charge in [0.2, 0.25) is 0 Å². The molecule has 1 rings (SSSR count). The predicted molar refractivity (Wildman–Crippen MR) is 79.9 cm³/mol. The van der Waals surface area contributed by atoms with Gasteiger partial charge in [-0.2, -0.15) is 0 Å². The molecule has 0 aliphatic carbocycles. The molecule has 1 aromatic carbocycles. The fraction of sp³-hybridized carbons (Fsp3) is 0.533. The van der Waals surface area contributed by atoms with Crippen molar-refractivity contribution >= 4 is 11.6 Å². The highest BCUT2D eigenvalue weighted by atomic mass is 16.1. The second kappa shape index (κ2) is 6.06. The maximum absolute atomic E-state index is 12.2. The molecule has 1 amide bonds. The smallest absolute Gasteiger partial charge is 0.251 e. The summed E-state index contributed by atoms with van der Waals surface area (Å²) < 4.78 is 0. The van der Waals surface area contributed by atoms with E-state index in [1.54, 1.807) is 12.1 Å². The fourth-order valence-electron chi connectivity index (χ4n) is 1.62. The van der Waals surface area contributed by atoms with E-state index in [1.807, 2.05) is 13.0 Å². The Bertz CT molecular complexity index is 453. The zero-order valence-electron chi connectivity index (χ0n) is 12.5. The van der Waals surface area contributed by atoms with Crippen LogP contribution < -0.4 is 16.6 Å². The Morgan fingerprint density at radius 3 is 2.47 bits per heavy atom. The Kier molecular flexibility index (Phi) is 4.95. The van der Waals surface area contributed by atoms with Crippen LogP contribution in [0.2, 0.25) is 0 Å². The summed E-state index contributed by atoms with van der Waals surface area (Å²) in [4.78, 5) is 12.2. The number of hydrogen-bond acceptors (Lipinski definition) is 3. The molecule has 0 unspecified atom stereocenters. The molecular formula is C15H25N3O. The first-order valence-electron chi connectivity index (χ1n) is 6.63. The highest BCUT2D eigenvalue weighted by Crippen LogP contribution is 2.25. The van der Waals surface area contributed by atoms with Crippen LogP contribution in [0.5, 0.6) is 0 Å². The van der Waals surface area contributed by atoms with E-state index >= 15 is 0 Å². The summed E-state index contributed by atoms with van der Waals surface area (Å²) in [6.07, 6.45) is 0. The number of anilines is 1. The van der Waals surface area contributed by atoms with Gasteiger partial charge < -0.3 is 10.7 Å². The van der Waals surface area contributed by atoms with Crippen LogP contribution in [0.4, 0.5) is 5.69 Å². The summed E-state index contributed by atoms with van der Waals surface area (Å²) >= 11 is 0. The minimum atomic E-state index is -0.0326. The van der Waals surface area contributed by atoms with Crippen molar-refractivity contribution in [1.29, 1.82) is 0 Å². The van der Waals surface area contributed by atoms with E-state index in [4.69, 9.17) is 5.84 Å². The van der Waals surface area contributed by atoms with E-state index in [-0.39, 0.29) is 11.3 Å². The van der Waals surface area contributed by atoms with Crippen molar-refractivity contribution in [2.24, 2.45) is 17.2 Å². The summed E-state index contributed by atoms with van der Waals surface area (Å²) in [5.74, 6) is 5.82. The number of hydrazine groups is 1. The van der Waals surface area contributed by atoms with Crippen LogP contribution in [0.25, 0.3) is 0 Å². The molecule has 0 spiro atoms. The van der Waals surface area contributed by atoms with Crippen molar-refractivity contribution in [1.82, 2.24) is 5.32 Å². The Hall–Kier alpha value is -1.55. The van der Waals surface area contributed by atoms with Crippen molar-refractivity contribution in [3.63, 3.8) is 0 Å². The van der Waals surface area contributed by atoms with Crippen LogP contribution in [0.1, 0.15) is 43.6 Å². The predicted octanol–water partition coefficient (Wildman–Crippen LogP) is 2.69. The van der Waals surface area contributed by atoms with Gasteiger partial charge >= 0.3 is 0 Å². The van der Waals surface area contributed by atoms with Gasteiger partial charge in [0.15, 0.2) is 0 Å². The summed E-state index contributed by atoms with van der Waals surface area (Å²) in [5.41, 5.74) is 5.07. The first kappa shape index (κ1) is 15.5. The maximum Gasteiger partial charge on any atom is 0.251 e. The van der Waals surface area contributed by atoms with Crippen molar-refractivity contribution < 1.29 is 4.79 Å². The van der Waals surface area contributed by atoms with E-state index in [1.165, 1.54) is 0 Å². The Balaban J connectivity index is 2.74. The lowest BCUT2D eigenvalue weighted by Crippen LogP contribution is -2.37. The van der Waals surface area contributed by atoms with Gasteiger partial charge in [-0.25, -0.2) is 0 Å². The largest absolute Gasteiger partial charge is 0.351 e. The van der Waals surface area contributed by atoms with Gasteiger partial charge in [0, 0.05) is 17.8 Å². The Morgan fingerprint density at radius 2 is 2.00 bits per heavy atom. The van der Waals surface area contributed by atoms with E-state index in [9.17, 15) is 4.79 Å². The number of rotatable bonds is 5. The number of amides is 1. The molecule has 106 valence electrons. The summed E-state index contributed by atoms with van der Waals surface area (Å²) in [6, 6.07) is 5.46. The molecule has 1 aromatic rings. The number of aryl methyl sites for hydroxylation is 1. The quantitative estimate of drug-likeness (QED) is 0.565. The zero-order valence-corrected chi connectivity index (χ0v) is 12.5. The molecule has 0 saturated heterocycles. The highest BCUT2D eigenvalue weighted by Gasteiger charge is 2.23. The van der Waals surface area contributed by atoms with E-state index in [2.05, 4.69) is 38.4 Å². The van der Waals surface area contributed by atoms with Crippen molar-refractivity contribution in [2.45, 2.75) is 34.6 Å². The highest BCUT2D eigenvalue weighted by molar-refractivity contribution is 5.96. The van der Waals surface area contributed by atoms with Crippen LogP contribution in [0, 0.1) is 18.3 Å². The van der Waals surface area contributed by atoms with E-state index in [0.29, 0.717) is 18.0 Å². The van der Waals surface area contributed by atoms with Gasteiger partial charge in [0.05, 0.1) is 0 Å². The van der Waals surface area contributed by atoms with Crippen LogP contribution in [-0.2, 0) is 0 Å². The van der Waals surface area contributed by atoms with Crippen LogP contribution in [-0.4, -0.2) is 12.5 Å². The molecule has 4 nitrogen and oxygen atoms in total. The first-order valence-corrected chi connectivity index (χ1v) is 6.63. The monoisotopic (exact) mass is 263 g/mol. The summed E-state index contributed by atoms with van der Waals surface area (Å²) in [5, 5.41) is 3.01. The molecule has 0 saturated carbocycles. The lowest BCUT2D eigenvalue weighted by atomic mass is 9.81. The zero-order chi connectivity index (χ0) is 14.6. The van der Waals surface area contributed by atoms with Gasteiger partial charge in [-0.05, 0) is 42.0 Å². The Labute approximate surface area is 115 Å². The van der Waals surface area contributed by atoms with E-state index < -0.39 is 0 Å². The Morgan fingerprint density at radius 1 is 1.37 bits per heavy atom. The van der Waals surface area contributed by atoms with Gasteiger partial charge in [0.25, 0.3) is 5.91 Å². The molecule has 19 heavy (non-hydrogen) atoms. The molecule has 0 aromatic heterocycles. The van der Waals surface area contributed by atoms with Crippen LogP contribution in [0.15, 0.2) is 18.2 Å². The third-order valence-corrected chi connectivity index (χ3v) is 3.91. The van der Waals surface area contributed by atoms with Gasteiger partial charge in [-0.1, -0.05) is 27.7 Å². The topological polar surface area (TPSA) is 67.1 Å². The first-order chi connectivity index (χ1) is 8.77. The number of carbonyl (C=O) groups is 1. The second-order valence-electron chi connectivity index (χ2n) is 6.00. The SMILES string of the molecule is Cc1cc(NN)ccc1C(=O)NCC(C)(C)C(C)C. The van der Waals surface area contributed by atoms with Crippen molar-refractivity contribution in [3.05, 3.63) is 29.3 Å². The number of nitrogens with one attached hydrogen (secondary N) is 2. The molecule has 0 atom stereocenters. The van der Waals surface area contributed by atoms with Gasteiger partial charge in [0.1, 0.15) is 0 Å². The number of carbonyl (C=O) groups excluding carboxylic acids is 1. The molecular weight excluding hydrogens is 238 g/mol. The molecule has 0 heterocycles. The molecule has 4 N–H and O–H groups in total. The molecule has 0 aliphatic heterocycles. The van der Waals surface area contributed by atoms with E-state index in [0.717, 1.165) is 11.3 Å². The van der Waals surface area contributed by atoms with Crippen molar-refractivity contribution in [2.75, 3.05) is 12.0 Å². The third kappa shape index (κ3) is 3.96. The molecule has 4 heteroatoms. The molecule has 0 radical (unpaired) electrons. The minimum absolute atomic E-state index is 0.0326. The van der Waals surface area contributed by atoms with Gasteiger partial charge in [-0.15, -0.1) is 0 Å². The number of nitrogen functional groups attached to an aromatic ring is 1. The third-order valence-electron chi connectivity index (χ3n) is 3.91. The molecule has 0 aliphatic rings. The average Bonchev–Trinajstić information content (AvgIpc) is 2.35. The number of hydrogen-bond donors (Lipinski definition) is 3. The van der Waals surface area contributed by atoms with Crippen LogP contribution >= 0.6 is 0 Å². The second-order valence-corrected chi connectivity index (χ2v) is 6.00. The summed E-state index contributed by atoms with van der Waals surface area (Å²) in [6.45, 7) is 11.2. The number of benzene rings is 1. The van der Waals surface area contributed by atoms with Crippen LogP contribution in [0.3, 0.4) is 0 Å². The fourth-order valence-corrected chi connectivity index (χ4v) is 1.62. The minimum Gasteiger partial charge on any atom is -0.351 e. The molecule has 0 fully saturated rings. The maximum atomic E-state index is 12.2. The standard InChI is InChI=1S/C15H25N3O/c1-10(2)15(4,5)9-17-14(19)13-7-6-12(18-16)8-11(13)3/h6-8,10,18H,9,16H2,1-5H3,(H,17,19). The number of nitrogens with two attached hydrogens (primary N) is 1. The lowest BCUT2D eigenvalue weighted by molar-refractivity contribution is 0.0924. The molecule has 0 bridgehead atoms. The summed E-state index contributed by atoms with van der Waals surface area (Å²) in [7, 11) is 0. The normalized spacial score (nSPS) is 11.5. The van der Waals surface area contributed by atoms with Crippen molar-refractivity contribution in [3.8, 4) is 0 Å². The average molecular weight is 263 g/mol.